The van der Waals surface area contributed by atoms with E-state index in [4.69, 9.17) is 10.2 Å². The van der Waals surface area contributed by atoms with Crippen LogP contribution in [0.1, 0.15) is 5.56 Å². The predicted octanol–water partition coefficient (Wildman–Crippen LogP) is 4.36. The zero-order valence-corrected chi connectivity index (χ0v) is 12.2. The zero-order chi connectivity index (χ0) is 14.3. The molecule has 0 aliphatic heterocycles. The van der Waals surface area contributed by atoms with Gasteiger partial charge in [0.05, 0.1) is 10.2 Å². The van der Waals surface area contributed by atoms with Crippen LogP contribution in [0.15, 0.2) is 39.2 Å². The molecule has 1 heterocycles. The molecule has 3 rings (SSSR count). The van der Waals surface area contributed by atoms with Crippen LogP contribution in [0.3, 0.4) is 0 Å². The maximum Gasteiger partial charge on any atom is 0.300 e. The number of aromatic nitrogens is 1. The Morgan fingerprint density at radius 1 is 1.35 bits per heavy atom. The number of hydrogen-bond donors (Lipinski definition) is 2. The van der Waals surface area contributed by atoms with Crippen molar-refractivity contribution < 1.29 is 8.81 Å². The van der Waals surface area contributed by atoms with Crippen molar-refractivity contribution in [2.24, 2.45) is 0 Å². The van der Waals surface area contributed by atoms with Gasteiger partial charge in [-0.15, -0.1) is 0 Å². The van der Waals surface area contributed by atoms with E-state index in [1.165, 1.54) is 6.07 Å². The monoisotopic (exact) mass is 335 g/mol. The Bertz CT molecular complexity index is 800. The van der Waals surface area contributed by atoms with Gasteiger partial charge in [0.2, 0.25) is 0 Å². The van der Waals surface area contributed by atoms with Crippen molar-refractivity contribution in [1.82, 2.24) is 4.98 Å². The number of nitrogen functional groups attached to an aromatic ring is 1. The smallest absolute Gasteiger partial charge is 0.300 e. The van der Waals surface area contributed by atoms with Crippen LogP contribution in [0, 0.1) is 12.7 Å². The molecule has 0 amide bonds. The average Bonchev–Trinajstić information content (AvgIpc) is 2.80. The lowest BCUT2D eigenvalue weighted by Crippen LogP contribution is -1.95. The summed E-state index contributed by atoms with van der Waals surface area (Å²) in [5.41, 5.74) is 9.05. The normalized spacial score (nSPS) is 10.9. The van der Waals surface area contributed by atoms with Crippen molar-refractivity contribution in [2.75, 3.05) is 11.1 Å². The molecule has 0 saturated carbocycles. The van der Waals surface area contributed by atoms with Crippen LogP contribution in [0.25, 0.3) is 11.1 Å². The number of nitrogens with two attached hydrogens (primary N) is 1. The summed E-state index contributed by atoms with van der Waals surface area (Å²) in [5, 5.41) is 3.03. The van der Waals surface area contributed by atoms with Gasteiger partial charge in [-0.3, -0.25) is 0 Å². The molecule has 6 heteroatoms. The molecule has 2 aromatic carbocycles. The van der Waals surface area contributed by atoms with Crippen molar-refractivity contribution in [1.29, 1.82) is 0 Å². The van der Waals surface area contributed by atoms with Crippen molar-refractivity contribution >= 4 is 44.4 Å². The number of benzene rings is 2. The fraction of sp³-hybridized carbons (Fsp3) is 0.0714. The van der Waals surface area contributed by atoms with Crippen molar-refractivity contribution in [2.45, 2.75) is 6.92 Å². The molecule has 4 nitrogen and oxygen atoms in total. The molecule has 20 heavy (non-hydrogen) atoms. The molecule has 3 N–H and O–H groups in total. The summed E-state index contributed by atoms with van der Waals surface area (Å²) in [6, 6.07) is 8.74. The topological polar surface area (TPSA) is 64.1 Å². The number of nitrogens with one attached hydrogen (secondary N) is 1. The van der Waals surface area contributed by atoms with Crippen molar-refractivity contribution in [3.63, 3.8) is 0 Å². The SMILES string of the molecule is Cc1cc(F)c(Br)cc1Nc1nc2c(N)cccc2o1. The van der Waals surface area contributed by atoms with Crippen LogP contribution in [0.5, 0.6) is 0 Å². The quantitative estimate of drug-likeness (QED) is 0.683. The second-order valence-corrected chi connectivity index (χ2v) is 5.27. The zero-order valence-electron chi connectivity index (χ0n) is 10.6. The number of nitrogens with zero attached hydrogens (tertiary/aromatic N) is 1. The Morgan fingerprint density at radius 3 is 2.90 bits per heavy atom. The highest BCUT2D eigenvalue weighted by atomic mass is 79.9. The highest BCUT2D eigenvalue weighted by molar-refractivity contribution is 9.10. The fourth-order valence-corrected chi connectivity index (χ4v) is 2.26. The Balaban J connectivity index is 2.01. The van der Waals surface area contributed by atoms with E-state index in [2.05, 4.69) is 26.2 Å². The lowest BCUT2D eigenvalue weighted by atomic mass is 10.2. The van der Waals surface area contributed by atoms with Crippen LogP contribution >= 0.6 is 15.9 Å². The van der Waals surface area contributed by atoms with E-state index in [-0.39, 0.29) is 5.82 Å². The van der Waals surface area contributed by atoms with Gasteiger partial charge in [-0.25, -0.2) is 4.39 Å². The first-order valence-corrected chi connectivity index (χ1v) is 6.71. The van der Waals surface area contributed by atoms with Crippen LogP contribution in [-0.2, 0) is 0 Å². The molecule has 0 fully saturated rings. The van der Waals surface area contributed by atoms with E-state index in [9.17, 15) is 4.39 Å². The average molecular weight is 336 g/mol. The molecule has 0 atom stereocenters. The third-order valence-electron chi connectivity index (χ3n) is 2.96. The number of anilines is 3. The van der Waals surface area contributed by atoms with Gasteiger partial charge in [0, 0.05) is 5.69 Å². The predicted molar refractivity (Wildman–Crippen MR) is 80.5 cm³/mol. The third-order valence-corrected chi connectivity index (χ3v) is 3.57. The highest BCUT2D eigenvalue weighted by Gasteiger charge is 2.11. The summed E-state index contributed by atoms with van der Waals surface area (Å²) in [6.45, 7) is 1.80. The minimum atomic E-state index is -0.310. The molecule has 0 radical (unpaired) electrons. The number of rotatable bonds is 2. The van der Waals surface area contributed by atoms with Crippen LogP contribution in [-0.4, -0.2) is 4.98 Å². The number of fused-ring (bicyclic) bond motifs is 1. The second-order valence-electron chi connectivity index (χ2n) is 4.42. The van der Waals surface area contributed by atoms with Gasteiger partial charge in [-0.1, -0.05) is 6.07 Å². The summed E-state index contributed by atoms with van der Waals surface area (Å²) in [4.78, 5) is 4.29. The third kappa shape index (κ3) is 2.22. The van der Waals surface area contributed by atoms with Crippen LogP contribution < -0.4 is 11.1 Å². The lowest BCUT2D eigenvalue weighted by Gasteiger charge is -2.07. The molecular formula is C14H11BrFN3O. The number of halogens is 2. The molecular weight excluding hydrogens is 325 g/mol. The van der Waals surface area contributed by atoms with Crippen molar-refractivity contribution in [3.05, 3.63) is 46.2 Å². The summed E-state index contributed by atoms with van der Waals surface area (Å²) in [6.07, 6.45) is 0. The summed E-state index contributed by atoms with van der Waals surface area (Å²) < 4.78 is 19.3. The Hall–Kier alpha value is -2.08. The first-order valence-electron chi connectivity index (χ1n) is 5.92. The second kappa shape index (κ2) is 4.79. The summed E-state index contributed by atoms with van der Waals surface area (Å²) in [7, 11) is 0. The number of aryl methyl sites for hydroxylation is 1. The minimum absolute atomic E-state index is 0.310. The van der Waals surface area contributed by atoms with Gasteiger partial charge in [0.25, 0.3) is 6.01 Å². The van der Waals surface area contributed by atoms with E-state index in [0.29, 0.717) is 33.0 Å². The van der Waals surface area contributed by atoms with E-state index in [1.807, 2.05) is 0 Å². The molecule has 0 saturated heterocycles. The lowest BCUT2D eigenvalue weighted by molar-refractivity contribution is 0.617. The molecule has 0 aliphatic rings. The molecule has 3 aromatic rings. The largest absolute Gasteiger partial charge is 0.423 e. The molecule has 0 spiro atoms. The van der Waals surface area contributed by atoms with Crippen LogP contribution in [0.2, 0.25) is 0 Å². The molecule has 102 valence electrons. The number of para-hydroxylation sites is 1. The Kier molecular flexibility index (Phi) is 3.10. The van der Waals surface area contributed by atoms with E-state index in [1.54, 1.807) is 31.2 Å². The van der Waals surface area contributed by atoms with Crippen LogP contribution in [0.4, 0.5) is 21.8 Å². The minimum Gasteiger partial charge on any atom is -0.423 e. The number of oxazole rings is 1. The Morgan fingerprint density at radius 2 is 2.15 bits per heavy atom. The van der Waals surface area contributed by atoms with E-state index in [0.717, 1.165) is 5.56 Å². The van der Waals surface area contributed by atoms with Crippen molar-refractivity contribution in [3.8, 4) is 0 Å². The first-order chi connectivity index (χ1) is 9.54. The standard InChI is InChI=1S/C14H11BrFN3O/c1-7-5-9(16)8(15)6-11(7)18-14-19-13-10(17)3-2-4-12(13)20-14/h2-6H,17H2,1H3,(H,18,19). The molecule has 0 bridgehead atoms. The van der Waals surface area contributed by atoms with Gasteiger partial charge in [-0.2, -0.15) is 4.98 Å². The number of hydrogen-bond acceptors (Lipinski definition) is 4. The van der Waals surface area contributed by atoms with Gasteiger partial charge in [0.1, 0.15) is 11.3 Å². The summed E-state index contributed by atoms with van der Waals surface area (Å²) >= 11 is 3.15. The van der Waals surface area contributed by atoms with E-state index >= 15 is 0 Å². The summed E-state index contributed by atoms with van der Waals surface area (Å²) in [5.74, 6) is -0.310. The molecule has 0 aliphatic carbocycles. The molecule has 0 unspecified atom stereocenters. The maximum atomic E-state index is 13.4. The van der Waals surface area contributed by atoms with Gasteiger partial charge in [-0.05, 0) is 52.7 Å². The maximum absolute atomic E-state index is 13.4. The van der Waals surface area contributed by atoms with Gasteiger partial charge >= 0.3 is 0 Å². The van der Waals surface area contributed by atoms with Gasteiger partial charge in [0.15, 0.2) is 5.58 Å². The first kappa shape index (κ1) is 12.9. The highest BCUT2D eigenvalue weighted by Crippen LogP contribution is 2.29. The van der Waals surface area contributed by atoms with Gasteiger partial charge < -0.3 is 15.5 Å². The fourth-order valence-electron chi connectivity index (χ4n) is 1.92. The van der Waals surface area contributed by atoms with E-state index < -0.39 is 0 Å². The Labute approximate surface area is 122 Å². The molecule has 1 aromatic heterocycles.